The predicted molar refractivity (Wildman–Crippen MR) is 71.4 cm³/mol. The summed E-state index contributed by atoms with van der Waals surface area (Å²) in [5.41, 5.74) is 6.41. The fraction of sp³-hybridized carbons (Fsp3) is 0.364. The van der Waals surface area contributed by atoms with Gasteiger partial charge in [-0.3, -0.25) is 4.99 Å². The quantitative estimate of drug-likeness (QED) is 0.646. The molecule has 0 aliphatic carbocycles. The zero-order chi connectivity index (χ0) is 12.1. The van der Waals surface area contributed by atoms with E-state index in [0.29, 0.717) is 34.2 Å². The van der Waals surface area contributed by atoms with Crippen LogP contribution >= 0.6 is 23.2 Å². The zero-order valence-corrected chi connectivity index (χ0v) is 10.8. The number of nitrogens with two attached hydrogens (primary N) is 1. The summed E-state index contributed by atoms with van der Waals surface area (Å²) in [4.78, 5) is 4.17. The highest BCUT2D eigenvalue weighted by Gasteiger charge is 2.02. The molecule has 0 atom stereocenters. The highest BCUT2D eigenvalue weighted by atomic mass is 35.5. The molecule has 3 nitrogen and oxygen atoms in total. The Hall–Kier alpha value is -0.930. The van der Waals surface area contributed by atoms with E-state index in [-0.39, 0.29) is 0 Å². The van der Waals surface area contributed by atoms with Crippen LogP contribution in [0.1, 0.15) is 13.8 Å². The molecule has 0 radical (unpaired) electrons. The predicted octanol–water partition coefficient (Wildman–Crippen LogP) is 3.38. The van der Waals surface area contributed by atoms with E-state index >= 15 is 0 Å². The van der Waals surface area contributed by atoms with E-state index in [9.17, 15) is 0 Å². The number of guanidine groups is 1. The molecule has 16 heavy (non-hydrogen) atoms. The van der Waals surface area contributed by atoms with Crippen molar-refractivity contribution in [3.8, 4) is 0 Å². The lowest BCUT2D eigenvalue weighted by molar-refractivity contribution is 0.665. The Morgan fingerprint density at radius 3 is 2.69 bits per heavy atom. The molecular weight excluding hydrogens is 245 g/mol. The van der Waals surface area contributed by atoms with Gasteiger partial charge in [-0.15, -0.1) is 0 Å². The third kappa shape index (κ3) is 4.29. The van der Waals surface area contributed by atoms with Crippen molar-refractivity contribution in [1.82, 2.24) is 0 Å². The summed E-state index contributed by atoms with van der Waals surface area (Å²) in [6.45, 7) is 4.84. The smallest absolute Gasteiger partial charge is 0.193 e. The van der Waals surface area contributed by atoms with Crippen LogP contribution in [0.5, 0.6) is 0 Å². The van der Waals surface area contributed by atoms with Crippen LogP contribution in [-0.4, -0.2) is 12.5 Å². The summed E-state index contributed by atoms with van der Waals surface area (Å²) < 4.78 is 0. The van der Waals surface area contributed by atoms with Gasteiger partial charge in [-0.25, -0.2) is 0 Å². The summed E-state index contributed by atoms with van der Waals surface area (Å²) in [7, 11) is 0. The topological polar surface area (TPSA) is 50.4 Å². The number of nitrogens with zero attached hydrogens (tertiary/aromatic N) is 1. The van der Waals surface area contributed by atoms with Gasteiger partial charge in [0.05, 0.1) is 10.7 Å². The second-order valence-electron chi connectivity index (χ2n) is 3.87. The molecule has 0 heterocycles. The lowest BCUT2D eigenvalue weighted by Crippen LogP contribution is -2.23. The Morgan fingerprint density at radius 1 is 1.44 bits per heavy atom. The van der Waals surface area contributed by atoms with Crippen molar-refractivity contribution in [3.05, 3.63) is 28.2 Å². The molecule has 0 unspecified atom stereocenters. The third-order valence-electron chi connectivity index (χ3n) is 1.82. The maximum Gasteiger partial charge on any atom is 0.193 e. The normalized spacial score (nSPS) is 11.9. The summed E-state index contributed by atoms with van der Waals surface area (Å²) in [6.07, 6.45) is 0. The third-order valence-corrected chi connectivity index (χ3v) is 2.37. The van der Waals surface area contributed by atoms with Crippen LogP contribution in [0.4, 0.5) is 5.69 Å². The first kappa shape index (κ1) is 13.1. The molecule has 0 bridgehead atoms. The summed E-state index contributed by atoms with van der Waals surface area (Å²) >= 11 is 11.8. The minimum absolute atomic E-state index is 0.359. The monoisotopic (exact) mass is 259 g/mol. The van der Waals surface area contributed by atoms with Crippen LogP contribution in [0, 0.1) is 5.92 Å². The van der Waals surface area contributed by atoms with Gasteiger partial charge < -0.3 is 11.1 Å². The van der Waals surface area contributed by atoms with Gasteiger partial charge in [0.1, 0.15) is 0 Å². The van der Waals surface area contributed by atoms with E-state index < -0.39 is 0 Å². The van der Waals surface area contributed by atoms with Gasteiger partial charge in [0, 0.05) is 11.6 Å². The maximum absolute atomic E-state index is 5.98. The van der Waals surface area contributed by atoms with Crippen LogP contribution in [0.25, 0.3) is 0 Å². The molecule has 0 aromatic heterocycles. The van der Waals surface area contributed by atoms with E-state index in [1.54, 1.807) is 18.2 Å². The number of rotatable bonds is 3. The van der Waals surface area contributed by atoms with Crippen LogP contribution in [0.2, 0.25) is 10.0 Å². The average molecular weight is 260 g/mol. The Balaban J connectivity index is 2.69. The molecule has 0 aliphatic rings. The van der Waals surface area contributed by atoms with E-state index in [4.69, 9.17) is 28.9 Å². The van der Waals surface area contributed by atoms with E-state index in [2.05, 4.69) is 24.2 Å². The van der Waals surface area contributed by atoms with Crippen LogP contribution in [0.3, 0.4) is 0 Å². The number of aliphatic imine (C=N–C) groups is 1. The Bertz CT molecular complexity index is 389. The Morgan fingerprint density at radius 2 is 2.12 bits per heavy atom. The second kappa shape index (κ2) is 5.97. The fourth-order valence-electron chi connectivity index (χ4n) is 1.05. The van der Waals surface area contributed by atoms with Crippen molar-refractivity contribution in [2.75, 3.05) is 11.9 Å². The first-order chi connectivity index (χ1) is 7.49. The summed E-state index contributed by atoms with van der Waals surface area (Å²) in [5.74, 6) is 0.832. The molecule has 88 valence electrons. The number of halogens is 2. The highest BCUT2D eigenvalue weighted by molar-refractivity contribution is 6.36. The van der Waals surface area contributed by atoms with Gasteiger partial charge >= 0.3 is 0 Å². The van der Waals surface area contributed by atoms with Crippen molar-refractivity contribution >= 4 is 34.8 Å². The highest BCUT2D eigenvalue weighted by Crippen LogP contribution is 2.24. The summed E-state index contributed by atoms with van der Waals surface area (Å²) in [6, 6.07) is 5.16. The molecular formula is C11H15Cl2N3. The molecule has 0 spiro atoms. The molecule has 5 heteroatoms. The molecule has 0 saturated heterocycles. The second-order valence-corrected chi connectivity index (χ2v) is 4.71. The number of hydrogen-bond donors (Lipinski definition) is 2. The first-order valence-corrected chi connectivity index (χ1v) is 5.76. The minimum atomic E-state index is 0.359. The van der Waals surface area contributed by atoms with Gasteiger partial charge in [0.25, 0.3) is 0 Å². The SMILES string of the molecule is CC(C)CN=C(N)Nc1ccc(Cl)cc1Cl. The van der Waals surface area contributed by atoms with E-state index in [0.717, 1.165) is 0 Å². The summed E-state index contributed by atoms with van der Waals surface area (Å²) in [5, 5.41) is 4.04. The molecule has 0 saturated carbocycles. The van der Waals surface area contributed by atoms with Crippen molar-refractivity contribution in [2.45, 2.75) is 13.8 Å². The number of benzene rings is 1. The van der Waals surface area contributed by atoms with Crippen molar-refractivity contribution in [1.29, 1.82) is 0 Å². The number of hydrogen-bond acceptors (Lipinski definition) is 1. The zero-order valence-electron chi connectivity index (χ0n) is 9.30. The van der Waals surface area contributed by atoms with Crippen LogP contribution in [0.15, 0.2) is 23.2 Å². The molecule has 0 amide bonds. The average Bonchev–Trinajstić information content (AvgIpc) is 2.19. The molecule has 1 rings (SSSR count). The van der Waals surface area contributed by atoms with Crippen LogP contribution < -0.4 is 11.1 Å². The van der Waals surface area contributed by atoms with Crippen molar-refractivity contribution < 1.29 is 0 Å². The van der Waals surface area contributed by atoms with Gasteiger partial charge in [-0.2, -0.15) is 0 Å². The molecule has 1 aromatic rings. The van der Waals surface area contributed by atoms with Crippen molar-refractivity contribution in [2.24, 2.45) is 16.6 Å². The Labute approximate surface area is 106 Å². The van der Waals surface area contributed by atoms with E-state index in [1.807, 2.05) is 0 Å². The molecule has 1 aromatic carbocycles. The number of nitrogens with one attached hydrogen (secondary N) is 1. The van der Waals surface area contributed by atoms with E-state index in [1.165, 1.54) is 0 Å². The van der Waals surface area contributed by atoms with Gasteiger partial charge in [0.2, 0.25) is 0 Å². The Kier molecular flexibility index (Phi) is 4.90. The van der Waals surface area contributed by atoms with Gasteiger partial charge in [-0.1, -0.05) is 37.0 Å². The fourth-order valence-corrected chi connectivity index (χ4v) is 1.51. The van der Waals surface area contributed by atoms with Gasteiger partial charge in [0.15, 0.2) is 5.96 Å². The largest absolute Gasteiger partial charge is 0.370 e. The van der Waals surface area contributed by atoms with Crippen LogP contribution in [-0.2, 0) is 0 Å². The first-order valence-electron chi connectivity index (χ1n) is 5.01. The molecule has 0 aliphatic heterocycles. The lowest BCUT2D eigenvalue weighted by atomic mass is 10.2. The van der Waals surface area contributed by atoms with Gasteiger partial charge in [-0.05, 0) is 24.1 Å². The minimum Gasteiger partial charge on any atom is -0.370 e. The lowest BCUT2D eigenvalue weighted by Gasteiger charge is -2.08. The molecule has 0 fully saturated rings. The standard InChI is InChI=1S/C11H15Cl2N3/c1-7(2)6-15-11(14)16-10-4-3-8(12)5-9(10)13/h3-5,7H,6H2,1-2H3,(H3,14,15,16). The maximum atomic E-state index is 5.98. The number of anilines is 1. The molecule has 3 N–H and O–H groups in total. The van der Waals surface area contributed by atoms with Crippen molar-refractivity contribution in [3.63, 3.8) is 0 Å².